The van der Waals surface area contributed by atoms with Gasteiger partial charge in [-0.1, -0.05) is 17.7 Å². The smallest absolute Gasteiger partial charge is 0.416 e. The van der Waals surface area contributed by atoms with Gasteiger partial charge in [0.2, 0.25) is 0 Å². The van der Waals surface area contributed by atoms with Crippen molar-refractivity contribution in [1.29, 1.82) is 0 Å². The van der Waals surface area contributed by atoms with Crippen molar-refractivity contribution < 1.29 is 42.0 Å². The number of phenols is 2. The normalized spacial score (nSPS) is 12.0. The van der Waals surface area contributed by atoms with Gasteiger partial charge in [0.05, 0.1) is 33.0 Å². The Balaban J connectivity index is 2.62. The number of benzene rings is 3. The van der Waals surface area contributed by atoms with Crippen molar-refractivity contribution >= 4 is 11.4 Å². The Hall–Kier alpha value is -4.29. The van der Waals surface area contributed by atoms with Gasteiger partial charge in [0.15, 0.2) is 11.5 Å². The quantitative estimate of drug-likeness (QED) is 0.196. The number of nitro benzene ring substituents is 2. The van der Waals surface area contributed by atoms with E-state index in [1.54, 1.807) is 0 Å². The van der Waals surface area contributed by atoms with Crippen LogP contribution >= 0.6 is 0 Å². The first-order valence-electron chi connectivity index (χ1n) is 9.62. The second-order valence-corrected chi connectivity index (χ2v) is 7.83. The molecule has 2 N–H and O–H groups in total. The lowest BCUT2D eigenvalue weighted by molar-refractivity contribution is -0.386. The Kier molecular flexibility index (Phi) is 6.14. The summed E-state index contributed by atoms with van der Waals surface area (Å²) >= 11 is 0. The Bertz CT molecular complexity index is 1300. The second-order valence-electron chi connectivity index (χ2n) is 7.83. The monoisotopic (exact) mass is 498 g/mol. The Labute approximate surface area is 193 Å². The summed E-state index contributed by atoms with van der Waals surface area (Å²) in [6.07, 6.45) is -5.08. The molecular formula is C22H15F5N2O6. The van der Waals surface area contributed by atoms with E-state index in [4.69, 9.17) is 0 Å². The van der Waals surface area contributed by atoms with E-state index in [0.29, 0.717) is 30.3 Å². The number of halogens is 5. The molecule has 8 nitrogen and oxygen atoms in total. The highest BCUT2D eigenvalue weighted by atomic mass is 19.4. The lowest BCUT2D eigenvalue weighted by Gasteiger charge is -2.34. The zero-order chi connectivity index (χ0) is 26.5. The first-order valence-corrected chi connectivity index (χ1v) is 9.62. The maximum absolute atomic E-state index is 14.4. The molecule has 0 spiro atoms. The number of nitrogens with zero attached hydrogens (tertiary/aromatic N) is 2. The number of nitro groups is 2. The van der Waals surface area contributed by atoms with Gasteiger partial charge in [0.25, 0.3) is 0 Å². The molecule has 3 aromatic rings. The summed E-state index contributed by atoms with van der Waals surface area (Å²) in [5, 5.41) is 44.0. The van der Waals surface area contributed by atoms with Crippen LogP contribution < -0.4 is 0 Å². The fourth-order valence-electron chi connectivity index (χ4n) is 3.97. The summed E-state index contributed by atoms with van der Waals surface area (Å²) in [5.74, 6) is -5.25. The molecule has 0 radical (unpaired) electrons. The number of rotatable bonds is 5. The Morgan fingerprint density at radius 3 is 1.54 bits per heavy atom. The summed E-state index contributed by atoms with van der Waals surface area (Å²) in [4.78, 5) is 20.3. The Morgan fingerprint density at radius 2 is 1.17 bits per heavy atom. The van der Waals surface area contributed by atoms with Crippen molar-refractivity contribution in [3.8, 4) is 11.5 Å². The first kappa shape index (κ1) is 25.3. The zero-order valence-electron chi connectivity index (χ0n) is 17.9. The fourth-order valence-corrected chi connectivity index (χ4v) is 3.97. The average Bonchev–Trinajstić information content (AvgIpc) is 2.74. The second kappa shape index (κ2) is 8.49. The third-order valence-electron chi connectivity index (χ3n) is 5.60. The Morgan fingerprint density at radius 1 is 0.743 bits per heavy atom. The molecule has 0 bridgehead atoms. The lowest BCUT2D eigenvalue weighted by atomic mass is 9.68. The van der Waals surface area contributed by atoms with Crippen LogP contribution in [0.25, 0.3) is 0 Å². The number of aromatic hydroxyl groups is 2. The average molecular weight is 498 g/mol. The molecule has 0 atom stereocenters. The predicted octanol–water partition coefficient (Wildman–Crippen LogP) is 5.87. The van der Waals surface area contributed by atoms with Crippen LogP contribution in [0.4, 0.5) is 33.3 Å². The van der Waals surface area contributed by atoms with Crippen molar-refractivity contribution in [3.05, 3.63) is 102 Å². The van der Waals surface area contributed by atoms with Gasteiger partial charge in [-0.3, -0.25) is 20.2 Å². The van der Waals surface area contributed by atoms with Gasteiger partial charge in [-0.05, 0) is 37.6 Å². The van der Waals surface area contributed by atoms with Gasteiger partial charge in [-0.15, -0.1) is 0 Å². The standard InChI is InChI=1S/C22H15F5N2O6/c1-10-3-4-13(14(5-10)22(25,26)27)21(2,15-6-11(23)8-17(19(15)30)28(32)33)16-7-12(24)9-18(20(16)31)29(34)35/h3-9,30-31H,1-2H3. The van der Waals surface area contributed by atoms with E-state index < -0.39 is 78.2 Å². The van der Waals surface area contributed by atoms with E-state index >= 15 is 0 Å². The molecule has 0 amide bonds. The van der Waals surface area contributed by atoms with E-state index in [-0.39, 0.29) is 5.56 Å². The molecule has 0 aliphatic carbocycles. The minimum Gasteiger partial charge on any atom is -0.502 e. The summed E-state index contributed by atoms with van der Waals surface area (Å²) in [6, 6.07) is 4.34. The molecule has 0 saturated carbocycles. The summed E-state index contributed by atoms with van der Waals surface area (Å²) in [6.45, 7) is 2.22. The van der Waals surface area contributed by atoms with E-state index in [9.17, 15) is 52.4 Å². The maximum Gasteiger partial charge on any atom is 0.416 e. The largest absolute Gasteiger partial charge is 0.502 e. The highest BCUT2D eigenvalue weighted by molar-refractivity contribution is 5.67. The zero-order valence-corrected chi connectivity index (χ0v) is 17.9. The summed E-state index contributed by atoms with van der Waals surface area (Å²) in [7, 11) is 0. The SMILES string of the molecule is Cc1ccc(C(C)(c2cc(F)cc([N+](=O)[O-])c2O)c2cc(F)cc([N+](=O)[O-])c2O)c(C(F)(F)F)c1. The molecule has 13 heteroatoms. The molecule has 0 saturated heterocycles. The van der Waals surface area contributed by atoms with Gasteiger partial charge in [0, 0.05) is 11.1 Å². The highest BCUT2D eigenvalue weighted by Gasteiger charge is 2.46. The van der Waals surface area contributed by atoms with Crippen LogP contribution in [0.3, 0.4) is 0 Å². The van der Waals surface area contributed by atoms with E-state index in [1.165, 1.54) is 13.0 Å². The number of phenolic OH excluding ortho intramolecular Hbond substituents is 2. The van der Waals surface area contributed by atoms with E-state index in [0.717, 1.165) is 13.0 Å². The number of hydrogen-bond donors (Lipinski definition) is 2. The minimum absolute atomic E-state index is 0.118. The van der Waals surface area contributed by atoms with Crippen LogP contribution in [0, 0.1) is 38.8 Å². The first-order chi connectivity index (χ1) is 16.1. The highest BCUT2D eigenvalue weighted by Crippen LogP contribution is 2.53. The van der Waals surface area contributed by atoms with Crippen molar-refractivity contribution in [2.45, 2.75) is 25.4 Å². The molecule has 0 aliphatic heterocycles. The number of alkyl halides is 3. The number of hydrogen-bond acceptors (Lipinski definition) is 6. The lowest BCUT2D eigenvalue weighted by Crippen LogP contribution is -2.30. The van der Waals surface area contributed by atoms with Crippen molar-refractivity contribution in [1.82, 2.24) is 0 Å². The van der Waals surface area contributed by atoms with E-state index in [2.05, 4.69) is 0 Å². The van der Waals surface area contributed by atoms with Crippen LogP contribution in [-0.4, -0.2) is 20.1 Å². The molecule has 3 rings (SSSR count). The molecule has 0 fully saturated rings. The minimum atomic E-state index is -5.08. The topological polar surface area (TPSA) is 127 Å². The molecule has 35 heavy (non-hydrogen) atoms. The molecule has 3 aromatic carbocycles. The molecular weight excluding hydrogens is 483 g/mol. The van der Waals surface area contributed by atoms with Crippen molar-refractivity contribution in [2.75, 3.05) is 0 Å². The molecule has 184 valence electrons. The number of aryl methyl sites for hydroxylation is 1. The molecule has 0 aromatic heterocycles. The maximum atomic E-state index is 14.4. The van der Waals surface area contributed by atoms with Crippen molar-refractivity contribution in [2.24, 2.45) is 0 Å². The van der Waals surface area contributed by atoms with Gasteiger partial charge in [0.1, 0.15) is 11.6 Å². The van der Waals surface area contributed by atoms with E-state index in [1.807, 2.05) is 0 Å². The third kappa shape index (κ3) is 4.32. The van der Waals surface area contributed by atoms with Gasteiger partial charge in [-0.25, -0.2) is 8.78 Å². The van der Waals surface area contributed by atoms with Crippen molar-refractivity contribution in [3.63, 3.8) is 0 Å². The van der Waals surface area contributed by atoms with Gasteiger partial charge in [-0.2, -0.15) is 13.2 Å². The van der Waals surface area contributed by atoms with Gasteiger partial charge >= 0.3 is 17.6 Å². The van der Waals surface area contributed by atoms with Crippen LogP contribution in [0.15, 0.2) is 42.5 Å². The molecule has 0 heterocycles. The van der Waals surface area contributed by atoms with Crippen LogP contribution in [0.5, 0.6) is 11.5 Å². The third-order valence-corrected chi connectivity index (χ3v) is 5.60. The fraction of sp³-hybridized carbons (Fsp3) is 0.182. The molecule has 0 aliphatic rings. The molecule has 0 unspecified atom stereocenters. The van der Waals surface area contributed by atoms with Gasteiger partial charge < -0.3 is 10.2 Å². The van der Waals surface area contributed by atoms with Crippen LogP contribution in [-0.2, 0) is 11.6 Å². The summed E-state index contributed by atoms with van der Waals surface area (Å²) < 4.78 is 71.1. The predicted molar refractivity (Wildman–Crippen MR) is 111 cm³/mol. The van der Waals surface area contributed by atoms with Crippen LogP contribution in [0.2, 0.25) is 0 Å². The summed E-state index contributed by atoms with van der Waals surface area (Å²) in [5.41, 5.74) is -8.80. The van der Waals surface area contributed by atoms with Crippen LogP contribution in [0.1, 0.15) is 34.7 Å².